The van der Waals surface area contributed by atoms with Crippen molar-refractivity contribution in [2.24, 2.45) is 5.92 Å². The van der Waals surface area contributed by atoms with Gasteiger partial charge in [0.1, 0.15) is 18.4 Å². The highest BCUT2D eigenvalue weighted by Crippen LogP contribution is 2.19. The minimum Gasteiger partial charge on any atom is -0.489 e. The first kappa shape index (κ1) is 22.6. The number of nitrogens with zero attached hydrogens (tertiary/aromatic N) is 1. The molecule has 1 unspecified atom stereocenters. The van der Waals surface area contributed by atoms with Gasteiger partial charge in [0.15, 0.2) is 0 Å². The quantitative estimate of drug-likeness (QED) is 0.569. The average molecular weight is 420 g/mol. The molecule has 1 amide bonds. The van der Waals surface area contributed by atoms with Crippen LogP contribution >= 0.6 is 11.6 Å². The Morgan fingerprint density at radius 3 is 2.38 bits per heavy atom. The van der Waals surface area contributed by atoms with E-state index in [-0.39, 0.29) is 18.9 Å². The van der Waals surface area contributed by atoms with E-state index >= 15 is 0 Å². The van der Waals surface area contributed by atoms with Gasteiger partial charge in [-0.15, -0.1) is 0 Å². The van der Waals surface area contributed by atoms with Gasteiger partial charge in [-0.05, 0) is 54.2 Å². The van der Waals surface area contributed by atoms with Gasteiger partial charge in [-0.2, -0.15) is 0 Å². The van der Waals surface area contributed by atoms with Crippen molar-refractivity contribution in [2.45, 2.75) is 39.3 Å². The summed E-state index contributed by atoms with van der Waals surface area (Å²) in [6.45, 7) is 4.20. The molecule has 1 atom stereocenters. The van der Waals surface area contributed by atoms with Gasteiger partial charge in [0.05, 0.1) is 0 Å². The normalized spacial score (nSPS) is 11.9. The summed E-state index contributed by atoms with van der Waals surface area (Å²) in [5.41, 5.74) is 1.81. The highest BCUT2D eigenvalue weighted by molar-refractivity contribution is 6.30. The number of amides is 1. The third kappa shape index (κ3) is 7.31. The molecule has 0 aliphatic rings. The van der Waals surface area contributed by atoms with Crippen molar-refractivity contribution in [3.63, 3.8) is 0 Å². The van der Waals surface area contributed by atoms with Crippen molar-refractivity contribution >= 4 is 23.7 Å². The van der Waals surface area contributed by atoms with Crippen LogP contribution in [0, 0.1) is 5.92 Å². The fourth-order valence-electron chi connectivity index (χ4n) is 3.03. The summed E-state index contributed by atoms with van der Waals surface area (Å²) < 4.78 is 5.80. The Labute approximate surface area is 175 Å². The second kappa shape index (κ2) is 10.7. The molecule has 29 heavy (non-hydrogen) atoms. The molecule has 0 saturated heterocycles. The topological polar surface area (TPSA) is 87.1 Å². The Kier molecular flexibility index (Phi) is 8.34. The lowest BCUT2D eigenvalue weighted by Gasteiger charge is -2.27. The van der Waals surface area contributed by atoms with Gasteiger partial charge in [-0.1, -0.05) is 49.7 Å². The zero-order valence-electron chi connectivity index (χ0n) is 16.5. The van der Waals surface area contributed by atoms with Gasteiger partial charge < -0.3 is 14.9 Å². The number of halogens is 1. The number of carboxylic acids is 1. The minimum absolute atomic E-state index is 0.0705. The molecule has 0 bridgehead atoms. The van der Waals surface area contributed by atoms with E-state index in [4.69, 9.17) is 16.3 Å². The third-order valence-electron chi connectivity index (χ3n) is 4.44. The molecule has 0 radical (unpaired) electrons. The lowest BCUT2D eigenvalue weighted by atomic mass is 10.0. The second-order valence-electron chi connectivity index (χ2n) is 7.28. The highest BCUT2D eigenvalue weighted by Gasteiger charge is 2.29. The maximum absolute atomic E-state index is 11.6. The standard InChI is InChI=1S/C22H26ClNO5/c1-15(2)11-20(21(25)26)24(22(27)28)10-9-16-5-4-8-19(13-16)29-14-17-6-3-7-18(23)12-17/h3-8,12-13,15,20H,9-11,14H2,1-2H3,(H,25,26)(H,27,28). The maximum atomic E-state index is 11.6. The van der Waals surface area contributed by atoms with Gasteiger partial charge in [0.2, 0.25) is 0 Å². The number of benzene rings is 2. The molecule has 0 heterocycles. The molecule has 0 aliphatic carbocycles. The number of aliphatic carboxylic acids is 1. The van der Waals surface area contributed by atoms with Crippen LogP contribution in [0.3, 0.4) is 0 Å². The first-order chi connectivity index (χ1) is 13.8. The van der Waals surface area contributed by atoms with Crippen LogP contribution in [0.4, 0.5) is 4.79 Å². The van der Waals surface area contributed by atoms with Crippen LogP contribution in [0.5, 0.6) is 5.75 Å². The molecule has 0 spiro atoms. The molecular weight excluding hydrogens is 394 g/mol. The average Bonchev–Trinajstić information content (AvgIpc) is 2.65. The number of ether oxygens (including phenoxy) is 1. The number of carbonyl (C=O) groups is 2. The SMILES string of the molecule is CC(C)CC(C(=O)O)N(CCc1cccc(OCc2cccc(Cl)c2)c1)C(=O)O. The van der Waals surface area contributed by atoms with E-state index in [1.165, 1.54) is 0 Å². The van der Waals surface area contributed by atoms with Crippen molar-refractivity contribution in [3.8, 4) is 5.75 Å². The molecule has 2 aromatic rings. The predicted molar refractivity (Wildman–Crippen MR) is 112 cm³/mol. The second-order valence-corrected chi connectivity index (χ2v) is 7.71. The van der Waals surface area contributed by atoms with E-state index in [0.717, 1.165) is 16.0 Å². The number of hydrogen-bond acceptors (Lipinski definition) is 3. The summed E-state index contributed by atoms with van der Waals surface area (Å²) in [6.07, 6.45) is -0.570. The minimum atomic E-state index is -1.23. The van der Waals surface area contributed by atoms with Crippen LogP contribution < -0.4 is 4.74 Å². The zero-order chi connectivity index (χ0) is 21.4. The van der Waals surface area contributed by atoms with Gasteiger partial charge in [0.25, 0.3) is 0 Å². The van der Waals surface area contributed by atoms with E-state index in [1.807, 2.05) is 56.3 Å². The summed E-state index contributed by atoms with van der Waals surface area (Å²) in [5, 5.41) is 19.6. The molecule has 0 fully saturated rings. The fourth-order valence-corrected chi connectivity index (χ4v) is 3.24. The predicted octanol–water partition coefficient (Wildman–Crippen LogP) is 4.94. The molecule has 2 rings (SSSR count). The summed E-state index contributed by atoms with van der Waals surface area (Å²) in [6, 6.07) is 13.7. The first-order valence-corrected chi connectivity index (χ1v) is 9.82. The van der Waals surface area contributed by atoms with E-state index in [0.29, 0.717) is 23.8 Å². The summed E-state index contributed by atoms with van der Waals surface area (Å²) in [7, 11) is 0. The van der Waals surface area contributed by atoms with Crippen molar-refractivity contribution < 1.29 is 24.5 Å². The number of carboxylic acid groups (broad SMARTS) is 2. The molecule has 2 aromatic carbocycles. The highest BCUT2D eigenvalue weighted by atomic mass is 35.5. The molecular formula is C22H26ClNO5. The van der Waals surface area contributed by atoms with Crippen molar-refractivity contribution in [1.82, 2.24) is 4.90 Å². The maximum Gasteiger partial charge on any atom is 0.408 e. The summed E-state index contributed by atoms with van der Waals surface area (Å²) in [5.74, 6) is -0.401. The Morgan fingerprint density at radius 1 is 1.07 bits per heavy atom. The van der Waals surface area contributed by atoms with E-state index < -0.39 is 18.1 Å². The van der Waals surface area contributed by atoms with Crippen LogP contribution in [-0.2, 0) is 17.8 Å². The molecule has 0 saturated carbocycles. The zero-order valence-corrected chi connectivity index (χ0v) is 17.3. The lowest BCUT2D eigenvalue weighted by Crippen LogP contribution is -2.46. The Bertz CT molecular complexity index is 839. The van der Waals surface area contributed by atoms with Crippen molar-refractivity contribution in [3.05, 3.63) is 64.7 Å². The number of rotatable bonds is 10. The molecule has 6 nitrogen and oxygen atoms in total. The molecule has 7 heteroatoms. The fraction of sp³-hybridized carbons (Fsp3) is 0.364. The van der Waals surface area contributed by atoms with E-state index in [2.05, 4.69) is 0 Å². The van der Waals surface area contributed by atoms with Crippen LogP contribution in [0.2, 0.25) is 5.02 Å². The smallest absolute Gasteiger partial charge is 0.408 e. The van der Waals surface area contributed by atoms with E-state index in [1.54, 1.807) is 6.07 Å². The summed E-state index contributed by atoms with van der Waals surface area (Å²) >= 11 is 5.98. The monoisotopic (exact) mass is 419 g/mol. The first-order valence-electron chi connectivity index (χ1n) is 9.44. The van der Waals surface area contributed by atoms with Crippen LogP contribution in [0.1, 0.15) is 31.4 Å². The largest absolute Gasteiger partial charge is 0.489 e. The van der Waals surface area contributed by atoms with Gasteiger partial charge in [-0.25, -0.2) is 9.59 Å². The summed E-state index contributed by atoms with van der Waals surface area (Å²) in [4.78, 5) is 24.2. The van der Waals surface area contributed by atoms with Crippen molar-refractivity contribution in [1.29, 1.82) is 0 Å². The molecule has 156 valence electrons. The van der Waals surface area contributed by atoms with Crippen molar-refractivity contribution in [2.75, 3.05) is 6.54 Å². The van der Waals surface area contributed by atoms with Gasteiger partial charge in [0, 0.05) is 11.6 Å². The van der Waals surface area contributed by atoms with Crippen LogP contribution in [-0.4, -0.2) is 39.8 Å². The molecule has 2 N–H and O–H groups in total. The van der Waals surface area contributed by atoms with E-state index in [9.17, 15) is 19.8 Å². The third-order valence-corrected chi connectivity index (χ3v) is 4.67. The van der Waals surface area contributed by atoms with Gasteiger partial charge >= 0.3 is 12.1 Å². The Balaban J connectivity index is 2.02. The Morgan fingerprint density at radius 2 is 1.76 bits per heavy atom. The Hall–Kier alpha value is -2.73. The molecule has 0 aliphatic heterocycles. The van der Waals surface area contributed by atoms with Crippen LogP contribution in [0.15, 0.2) is 48.5 Å². The van der Waals surface area contributed by atoms with Crippen LogP contribution in [0.25, 0.3) is 0 Å². The van der Waals surface area contributed by atoms with Gasteiger partial charge in [-0.3, -0.25) is 4.90 Å². The molecule has 0 aromatic heterocycles. The number of hydrogen-bond donors (Lipinski definition) is 2. The lowest BCUT2D eigenvalue weighted by molar-refractivity contribution is -0.143.